The van der Waals surface area contributed by atoms with E-state index in [0.29, 0.717) is 31.3 Å². The van der Waals surface area contributed by atoms with Crippen molar-refractivity contribution in [3.8, 4) is 0 Å². The van der Waals surface area contributed by atoms with Crippen LogP contribution in [-0.2, 0) is 9.47 Å². The van der Waals surface area contributed by atoms with Crippen LogP contribution in [0, 0.1) is 6.92 Å². The second kappa shape index (κ2) is 8.83. The van der Waals surface area contributed by atoms with Gasteiger partial charge in [0.1, 0.15) is 5.82 Å². The summed E-state index contributed by atoms with van der Waals surface area (Å²) in [5.74, 6) is 0.879. The third-order valence-electron chi connectivity index (χ3n) is 3.12. The molecule has 128 valence electrons. The molecule has 2 aromatic rings. The SMILES string of the molecule is CCOC(=O)c1ccc(Nc2nc(C)cc(NCCOC)n2)cc1. The van der Waals surface area contributed by atoms with Crippen molar-refractivity contribution in [2.24, 2.45) is 0 Å². The number of benzene rings is 1. The molecule has 1 aromatic heterocycles. The average Bonchev–Trinajstić information content (AvgIpc) is 2.55. The lowest BCUT2D eigenvalue weighted by molar-refractivity contribution is 0.0526. The maximum atomic E-state index is 11.6. The zero-order valence-corrected chi connectivity index (χ0v) is 14.1. The number of aryl methyl sites for hydroxylation is 1. The molecule has 0 bridgehead atoms. The first-order valence-corrected chi connectivity index (χ1v) is 7.75. The number of esters is 1. The molecule has 2 rings (SSSR count). The quantitative estimate of drug-likeness (QED) is 0.568. The van der Waals surface area contributed by atoms with Gasteiger partial charge in [0.25, 0.3) is 0 Å². The Labute approximate surface area is 141 Å². The van der Waals surface area contributed by atoms with Crippen molar-refractivity contribution in [2.45, 2.75) is 13.8 Å². The third-order valence-corrected chi connectivity index (χ3v) is 3.12. The summed E-state index contributed by atoms with van der Waals surface area (Å²) in [4.78, 5) is 20.4. The van der Waals surface area contributed by atoms with Crippen LogP contribution < -0.4 is 10.6 Å². The Bertz CT molecular complexity index is 674. The van der Waals surface area contributed by atoms with Crippen LogP contribution in [0.3, 0.4) is 0 Å². The van der Waals surface area contributed by atoms with Crippen LogP contribution in [0.2, 0.25) is 0 Å². The summed E-state index contributed by atoms with van der Waals surface area (Å²) in [6, 6.07) is 8.85. The normalized spacial score (nSPS) is 10.3. The van der Waals surface area contributed by atoms with E-state index in [2.05, 4.69) is 20.6 Å². The van der Waals surface area contributed by atoms with Gasteiger partial charge in [-0.15, -0.1) is 0 Å². The van der Waals surface area contributed by atoms with Gasteiger partial charge in [-0.3, -0.25) is 0 Å². The number of ether oxygens (including phenoxy) is 2. The molecule has 7 heteroatoms. The molecule has 0 spiro atoms. The minimum atomic E-state index is -0.333. The van der Waals surface area contributed by atoms with Crippen LogP contribution in [0.1, 0.15) is 23.0 Å². The van der Waals surface area contributed by atoms with Gasteiger partial charge in [0.15, 0.2) is 0 Å². The van der Waals surface area contributed by atoms with Gasteiger partial charge in [0, 0.05) is 31.1 Å². The average molecular weight is 330 g/mol. The van der Waals surface area contributed by atoms with Crippen LogP contribution >= 0.6 is 0 Å². The summed E-state index contributed by atoms with van der Waals surface area (Å²) in [6.45, 7) is 5.30. The van der Waals surface area contributed by atoms with E-state index < -0.39 is 0 Å². The Kier molecular flexibility index (Phi) is 6.51. The van der Waals surface area contributed by atoms with Crippen molar-refractivity contribution >= 4 is 23.4 Å². The summed E-state index contributed by atoms with van der Waals surface area (Å²) < 4.78 is 9.97. The van der Waals surface area contributed by atoms with Crippen LogP contribution in [0.15, 0.2) is 30.3 Å². The molecule has 24 heavy (non-hydrogen) atoms. The van der Waals surface area contributed by atoms with Gasteiger partial charge < -0.3 is 20.1 Å². The molecule has 0 amide bonds. The van der Waals surface area contributed by atoms with Crippen molar-refractivity contribution in [2.75, 3.05) is 37.5 Å². The number of nitrogens with one attached hydrogen (secondary N) is 2. The number of carbonyl (C=O) groups is 1. The maximum Gasteiger partial charge on any atom is 0.338 e. The van der Waals surface area contributed by atoms with E-state index in [1.54, 1.807) is 38.3 Å². The molecule has 0 unspecified atom stereocenters. The highest BCUT2D eigenvalue weighted by atomic mass is 16.5. The second-order valence-corrected chi connectivity index (χ2v) is 5.06. The zero-order chi connectivity index (χ0) is 17.4. The number of nitrogens with zero attached hydrogens (tertiary/aromatic N) is 2. The van der Waals surface area contributed by atoms with Crippen LogP contribution in [0.25, 0.3) is 0 Å². The Hall–Kier alpha value is -2.67. The summed E-state index contributed by atoms with van der Waals surface area (Å²) in [7, 11) is 1.65. The summed E-state index contributed by atoms with van der Waals surface area (Å²) >= 11 is 0. The van der Waals surface area contributed by atoms with E-state index in [-0.39, 0.29) is 5.97 Å². The van der Waals surface area contributed by atoms with E-state index in [9.17, 15) is 4.79 Å². The molecule has 0 saturated carbocycles. The standard InChI is InChI=1S/C17H22N4O3/c1-4-24-16(22)13-5-7-14(8-6-13)20-17-19-12(2)11-15(21-17)18-9-10-23-3/h5-8,11H,4,9-10H2,1-3H3,(H2,18,19,20,21). The molecule has 0 atom stereocenters. The minimum Gasteiger partial charge on any atom is -0.462 e. The predicted octanol–water partition coefficient (Wildman–Crippen LogP) is 2.76. The number of methoxy groups -OCH3 is 1. The van der Waals surface area contributed by atoms with E-state index in [0.717, 1.165) is 17.2 Å². The first-order chi connectivity index (χ1) is 11.6. The van der Waals surface area contributed by atoms with Gasteiger partial charge in [0.05, 0.1) is 18.8 Å². The fourth-order valence-corrected chi connectivity index (χ4v) is 2.03. The van der Waals surface area contributed by atoms with Gasteiger partial charge in [-0.1, -0.05) is 0 Å². The number of rotatable bonds is 8. The van der Waals surface area contributed by atoms with Crippen LogP contribution in [0.5, 0.6) is 0 Å². The van der Waals surface area contributed by atoms with Gasteiger partial charge in [-0.05, 0) is 38.1 Å². The van der Waals surface area contributed by atoms with Gasteiger partial charge >= 0.3 is 5.97 Å². The minimum absolute atomic E-state index is 0.333. The number of anilines is 3. The highest BCUT2D eigenvalue weighted by Crippen LogP contribution is 2.17. The van der Waals surface area contributed by atoms with Crippen molar-refractivity contribution in [1.29, 1.82) is 0 Å². The predicted molar refractivity (Wildman–Crippen MR) is 92.8 cm³/mol. The van der Waals surface area contributed by atoms with Crippen LogP contribution in [-0.4, -0.2) is 42.8 Å². The van der Waals surface area contributed by atoms with Crippen LogP contribution in [0.4, 0.5) is 17.5 Å². The highest BCUT2D eigenvalue weighted by Gasteiger charge is 2.07. The van der Waals surface area contributed by atoms with Gasteiger partial charge in [-0.2, -0.15) is 4.98 Å². The Morgan fingerprint density at radius 1 is 1.21 bits per heavy atom. The Morgan fingerprint density at radius 3 is 2.62 bits per heavy atom. The van der Waals surface area contributed by atoms with E-state index in [1.165, 1.54) is 0 Å². The molecule has 7 nitrogen and oxygen atoms in total. The molecule has 0 fully saturated rings. The first-order valence-electron chi connectivity index (χ1n) is 7.75. The third kappa shape index (κ3) is 5.20. The number of hydrogen-bond donors (Lipinski definition) is 2. The molecule has 2 N–H and O–H groups in total. The number of hydrogen-bond acceptors (Lipinski definition) is 7. The number of aromatic nitrogens is 2. The lowest BCUT2D eigenvalue weighted by Crippen LogP contribution is -2.10. The monoisotopic (exact) mass is 330 g/mol. The van der Waals surface area contributed by atoms with Crippen molar-refractivity contribution in [1.82, 2.24) is 9.97 Å². The molecule has 1 heterocycles. The molecule has 0 radical (unpaired) electrons. The smallest absolute Gasteiger partial charge is 0.338 e. The molecule has 0 aliphatic heterocycles. The lowest BCUT2D eigenvalue weighted by Gasteiger charge is -2.10. The molecule has 0 aliphatic rings. The summed E-state index contributed by atoms with van der Waals surface area (Å²) in [5, 5.41) is 6.30. The largest absolute Gasteiger partial charge is 0.462 e. The lowest BCUT2D eigenvalue weighted by atomic mass is 10.2. The topological polar surface area (TPSA) is 85.4 Å². The van der Waals surface area contributed by atoms with Crippen molar-refractivity contribution in [3.63, 3.8) is 0 Å². The van der Waals surface area contributed by atoms with E-state index in [1.807, 2.05) is 13.0 Å². The fourth-order valence-electron chi connectivity index (χ4n) is 2.03. The number of carbonyl (C=O) groups excluding carboxylic acids is 1. The second-order valence-electron chi connectivity index (χ2n) is 5.06. The molecule has 0 aliphatic carbocycles. The van der Waals surface area contributed by atoms with Crippen molar-refractivity contribution < 1.29 is 14.3 Å². The molecule has 0 saturated heterocycles. The highest BCUT2D eigenvalue weighted by molar-refractivity contribution is 5.89. The van der Waals surface area contributed by atoms with Crippen molar-refractivity contribution in [3.05, 3.63) is 41.6 Å². The van der Waals surface area contributed by atoms with E-state index >= 15 is 0 Å². The first kappa shape index (κ1) is 17.7. The van der Waals surface area contributed by atoms with E-state index in [4.69, 9.17) is 9.47 Å². The zero-order valence-electron chi connectivity index (χ0n) is 14.1. The summed E-state index contributed by atoms with van der Waals surface area (Å²) in [6.07, 6.45) is 0. The molecular weight excluding hydrogens is 308 g/mol. The molecular formula is C17H22N4O3. The fraction of sp³-hybridized carbons (Fsp3) is 0.353. The Morgan fingerprint density at radius 2 is 1.96 bits per heavy atom. The summed E-state index contributed by atoms with van der Waals surface area (Å²) in [5.41, 5.74) is 2.14. The van der Waals surface area contributed by atoms with Gasteiger partial charge in [-0.25, -0.2) is 9.78 Å². The maximum absolute atomic E-state index is 11.6. The van der Waals surface area contributed by atoms with Gasteiger partial charge in [0.2, 0.25) is 5.95 Å². The molecule has 1 aromatic carbocycles. The Balaban J connectivity index is 2.06.